The van der Waals surface area contributed by atoms with Gasteiger partial charge in [-0.2, -0.15) is 0 Å². The van der Waals surface area contributed by atoms with Crippen LogP contribution in [0.25, 0.3) is 0 Å². The number of carbonyl (C=O) groups is 1. The van der Waals surface area contributed by atoms with Crippen LogP contribution >= 0.6 is 11.6 Å². The van der Waals surface area contributed by atoms with Crippen molar-refractivity contribution in [2.24, 2.45) is 5.73 Å². The Labute approximate surface area is 75.6 Å². The molecule has 0 spiro atoms. The van der Waals surface area contributed by atoms with E-state index in [2.05, 4.69) is 4.98 Å². The molecular formula is C8H9ClN2O. The zero-order valence-electron chi connectivity index (χ0n) is 6.89. The highest BCUT2D eigenvalue weighted by molar-refractivity contribution is 6.32. The highest BCUT2D eigenvalue weighted by Crippen LogP contribution is 2.15. The minimum absolute atomic E-state index is 0.172. The molecule has 3 nitrogen and oxygen atoms in total. The first-order valence-corrected chi connectivity index (χ1v) is 3.83. The summed E-state index contributed by atoms with van der Waals surface area (Å²) in [6.07, 6.45) is 0. The van der Waals surface area contributed by atoms with Crippen LogP contribution in [0.1, 0.15) is 21.6 Å². The average molecular weight is 185 g/mol. The lowest BCUT2D eigenvalue weighted by molar-refractivity contribution is 0.1000. The Balaban J connectivity index is 3.33. The summed E-state index contributed by atoms with van der Waals surface area (Å²) >= 11 is 5.68. The van der Waals surface area contributed by atoms with Crippen LogP contribution in [0.4, 0.5) is 0 Å². The molecular weight excluding hydrogens is 176 g/mol. The van der Waals surface area contributed by atoms with Gasteiger partial charge in [0.05, 0.1) is 5.56 Å². The molecule has 1 heterocycles. The largest absolute Gasteiger partial charge is 0.366 e. The topological polar surface area (TPSA) is 56.0 Å². The molecule has 0 unspecified atom stereocenters. The van der Waals surface area contributed by atoms with Crippen molar-refractivity contribution >= 4 is 17.5 Å². The molecule has 0 aliphatic rings. The molecule has 1 rings (SSSR count). The van der Waals surface area contributed by atoms with Gasteiger partial charge >= 0.3 is 0 Å². The van der Waals surface area contributed by atoms with E-state index in [0.29, 0.717) is 0 Å². The van der Waals surface area contributed by atoms with Crippen molar-refractivity contribution < 1.29 is 4.79 Å². The van der Waals surface area contributed by atoms with Crippen molar-refractivity contribution in [1.29, 1.82) is 0 Å². The summed E-state index contributed by atoms with van der Waals surface area (Å²) in [6, 6.07) is 1.65. The number of halogens is 1. The SMILES string of the molecule is Cc1cc(C(N)=O)c(Cl)nc1C. The molecule has 0 aliphatic carbocycles. The highest BCUT2D eigenvalue weighted by Gasteiger charge is 2.09. The smallest absolute Gasteiger partial charge is 0.251 e. The fraction of sp³-hybridized carbons (Fsp3) is 0.250. The van der Waals surface area contributed by atoms with Gasteiger partial charge in [0.1, 0.15) is 5.15 Å². The molecule has 0 saturated heterocycles. The molecule has 0 aliphatic heterocycles. The van der Waals surface area contributed by atoms with Gasteiger partial charge in [-0.1, -0.05) is 11.6 Å². The van der Waals surface area contributed by atoms with Crippen LogP contribution in [-0.4, -0.2) is 10.9 Å². The third-order valence-electron chi connectivity index (χ3n) is 1.69. The Morgan fingerprint density at radius 1 is 1.58 bits per heavy atom. The van der Waals surface area contributed by atoms with E-state index >= 15 is 0 Å². The van der Waals surface area contributed by atoms with E-state index in [4.69, 9.17) is 17.3 Å². The monoisotopic (exact) mass is 184 g/mol. The quantitative estimate of drug-likeness (QED) is 0.672. The molecule has 2 N–H and O–H groups in total. The molecule has 12 heavy (non-hydrogen) atoms. The number of aromatic nitrogens is 1. The molecule has 0 atom stereocenters. The van der Waals surface area contributed by atoms with E-state index in [9.17, 15) is 4.79 Å². The summed E-state index contributed by atoms with van der Waals surface area (Å²) in [6.45, 7) is 3.68. The zero-order chi connectivity index (χ0) is 9.30. The fourth-order valence-electron chi connectivity index (χ4n) is 0.849. The van der Waals surface area contributed by atoms with Crippen LogP contribution < -0.4 is 5.73 Å². The maximum atomic E-state index is 10.8. The molecule has 0 fully saturated rings. The number of pyridine rings is 1. The van der Waals surface area contributed by atoms with Gasteiger partial charge in [-0.05, 0) is 25.5 Å². The second-order valence-electron chi connectivity index (χ2n) is 2.59. The van der Waals surface area contributed by atoms with Crippen molar-refractivity contribution in [2.75, 3.05) is 0 Å². The lowest BCUT2D eigenvalue weighted by Crippen LogP contribution is -2.13. The second-order valence-corrected chi connectivity index (χ2v) is 2.95. The Hall–Kier alpha value is -1.09. The number of primary amides is 1. The number of aryl methyl sites for hydroxylation is 2. The van der Waals surface area contributed by atoms with Crippen molar-refractivity contribution in [3.8, 4) is 0 Å². The van der Waals surface area contributed by atoms with Gasteiger partial charge in [0.2, 0.25) is 0 Å². The van der Waals surface area contributed by atoms with Crippen molar-refractivity contribution in [1.82, 2.24) is 4.98 Å². The third-order valence-corrected chi connectivity index (χ3v) is 1.97. The Kier molecular flexibility index (Phi) is 2.33. The van der Waals surface area contributed by atoms with E-state index in [1.807, 2.05) is 13.8 Å². The maximum absolute atomic E-state index is 10.8. The Bertz CT molecular complexity index is 336. The van der Waals surface area contributed by atoms with Gasteiger partial charge in [-0.25, -0.2) is 4.98 Å². The minimum atomic E-state index is -0.546. The van der Waals surface area contributed by atoms with Crippen LogP contribution in [0.5, 0.6) is 0 Å². The zero-order valence-corrected chi connectivity index (χ0v) is 7.64. The van der Waals surface area contributed by atoms with Crippen LogP contribution in [-0.2, 0) is 0 Å². The molecule has 0 radical (unpaired) electrons. The normalized spacial score (nSPS) is 9.92. The lowest BCUT2D eigenvalue weighted by Gasteiger charge is -2.03. The number of carbonyl (C=O) groups excluding carboxylic acids is 1. The fourth-order valence-corrected chi connectivity index (χ4v) is 1.12. The van der Waals surface area contributed by atoms with Gasteiger partial charge in [0, 0.05) is 5.69 Å². The summed E-state index contributed by atoms with van der Waals surface area (Å²) in [7, 11) is 0. The molecule has 64 valence electrons. The van der Waals surface area contributed by atoms with Crippen LogP contribution in [0.2, 0.25) is 5.15 Å². The van der Waals surface area contributed by atoms with Crippen LogP contribution in [0.15, 0.2) is 6.07 Å². The van der Waals surface area contributed by atoms with Crippen molar-refractivity contribution in [2.45, 2.75) is 13.8 Å². The molecule has 1 amide bonds. The summed E-state index contributed by atoms with van der Waals surface area (Å²) in [5, 5.41) is 0.172. The van der Waals surface area contributed by atoms with E-state index in [-0.39, 0.29) is 10.7 Å². The Morgan fingerprint density at radius 2 is 2.17 bits per heavy atom. The first-order valence-electron chi connectivity index (χ1n) is 3.46. The number of rotatable bonds is 1. The summed E-state index contributed by atoms with van der Waals surface area (Å²) in [4.78, 5) is 14.7. The molecule has 0 bridgehead atoms. The van der Waals surface area contributed by atoms with E-state index in [0.717, 1.165) is 11.3 Å². The molecule has 0 saturated carbocycles. The number of nitrogens with zero attached hydrogens (tertiary/aromatic N) is 1. The van der Waals surface area contributed by atoms with Crippen molar-refractivity contribution in [3.63, 3.8) is 0 Å². The number of amides is 1. The van der Waals surface area contributed by atoms with Crippen LogP contribution in [0.3, 0.4) is 0 Å². The van der Waals surface area contributed by atoms with E-state index in [1.165, 1.54) is 0 Å². The third kappa shape index (κ3) is 1.56. The predicted molar refractivity (Wildman–Crippen MR) is 47.2 cm³/mol. The van der Waals surface area contributed by atoms with Gasteiger partial charge in [-0.3, -0.25) is 4.79 Å². The number of hydrogen-bond acceptors (Lipinski definition) is 2. The minimum Gasteiger partial charge on any atom is -0.366 e. The average Bonchev–Trinajstić information content (AvgIpc) is 1.96. The molecule has 1 aromatic rings. The standard InChI is InChI=1S/C8H9ClN2O/c1-4-3-6(8(10)12)7(9)11-5(4)2/h3H,1-2H3,(H2,10,12). The van der Waals surface area contributed by atoms with E-state index < -0.39 is 5.91 Å². The first kappa shape index (κ1) is 9.00. The van der Waals surface area contributed by atoms with Gasteiger partial charge in [0.25, 0.3) is 5.91 Å². The van der Waals surface area contributed by atoms with Crippen molar-refractivity contribution in [3.05, 3.63) is 28.0 Å². The molecule has 1 aromatic heterocycles. The summed E-state index contributed by atoms with van der Waals surface area (Å²) in [5.41, 5.74) is 7.07. The highest BCUT2D eigenvalue weighted by atomic mass is 35.5. The van der Waals surface area contributed by atoms with Crippen LogP contribution in [0, 0.1) is 13.8 Å². The van der Waals surface area contributed by atoms with E-state index in [1.54, 1.807) is 6.07 Å². The molecule has 4 heteroatoms. The summed E-state index contributed by atoms with van der Waals surface area (Å²) in [5.74, 6) is -0.546. The predicted octanol–water partition coefficient (Wildman–Crippen LogP) is 1.45. The maximum Gasteiger partial charge on any atom is 0.251 e. The van der Waals surface area contributed by atoms with Gasteiger partial charge < -0.3 is 5.73 Å². The lowest BCUT2D eigenvalue weighted by atomic mass is 10.1. The molecule has 0 aromatic carbocycles. The number of hydrogen-bond donors (Lipinski definition) is 1. The summed E-state index contributed by atoms with van der Waals surface area (Å²) < 4.78 is 0. The Morgan fingerprint density at radius 3 is 2.67 bits per heavy atom. The first-order chi connectivity index (χ1) is 5.52. The van der Waals surface area contributed by atoms with Gasteiger partial charge in [0.15, 0.2) is 0 Å². The van der Waals surface area contributed by atoms with Gasteiger partial charge in [-0.15, -0.1) is 0 Å². The second kappa shape index (κ2) is 3.11. The number of nitrogens with two attached hydrogens (primary N) is 1.